The SMILES string of the molecule is CC(C)CN(Cc1cccn1Cc1cccc(C(F)(F)F)c1)CC(O)c1ccccc1. The van der Waals surface area contributed by atoms with Gasteiger partial charge in [-0.1, -0.05) is 56.3 Å². The van der Waals surface area contributed by atoms with Gasteiger partial charge in [-0.15, -0.1) is 0 Å². The zero-order valence-corrected chi connectivity index (χ0v) is 17.9. The number of aliphatic hydroxyl groups excluding tert-OH is 1. The highest BCUT2D eigenvalue weighted by atomic mass is 19.4. The molecule has 0 spiro atoms. The normalized spacial score (nSPS) is 13.2. The van der Waals surface area contributed by atoms with Crippen LogP contribution in [-0.4, -0.2) is 27.7 Å². The second-order valence-corrected chi connectivity index (χ2v) is 8.34. The minimum absolute atomic E-state index is 0.364. The number of hydrogen-bond acceptors (Lipinski definition) is 2. The van der Waals surface area contributed by atoms with Crippen molar-refractivity contribution in [3.63, 3.8) is 0 Å². The van der Waals surface area contributed by atoms with Crippen LogP contribution in [0, 0.1) is 5.92 Å². The summed E-state index contributed by atoms with van der Waals surface area (Å²) in [6, 6.07) is 18.9. The van der Waals surface area contributed by atoms with Crippen molar-refractivity contribution in [2.75, 3.05) is 13.1 Å². The van der Waals surface area contributed by atoms with Gasteiger partial charge in [0.05, 0.1) is 11.7 Å². The van der Waals surface area contributed by atoms with Crippen LogP contribution < -0.4 is 0 Å². The number of benzene rings is 2. The number of rotatable bonds is 9. The number of alkyl halides is 3. The van der Waals surface area contributed by atoms with Crippen molar-refractivity contribution in [3.8, 4) is 0 Å². The third-order valence-corrected chi connectivity index (χ3v) is 5.16. The minimum atomic E-state index is -4.35. The Morgan fingerprint density at radius 2 is 1.68 bits per heavy atom. The number of aliphatic hydroxyl groups is 1. The quantitative estimate of drug-likeness (QED) is 0.468. The van der Waals surface area contributed by atoms with Gasteiger partial charge in [0.15, 0.2) is 0 Å². The molecule has 6 heteroatoms. The van der Waals surface area contributed by atoms with Gasteiger partial charge in [-0.3, -0.25) is 4.90 Å². The Bertz CT molecular complexity index is 951. The van der Waals surface area contributed by atoms with Crippen LogP contribution in [0.25, 0.3) is 0 Å². The highest BCUT2D eigenvalue weighted by molar-refractivity contribution is 5.26. The average Bonchev–Trinajstić information content (AvgIpc) is 3.14. The summed E-state index contributed by atoms with van der Waals surface area (Å²) < 4.78 is 41.1. The molecule has 0 aliphatic rings. The Labute approximate surface area is 181 Å². The summed E-state index contributed by atoms with van der Waals surface area (Å²) in [5, 5.41) is 10.7. The van der Waals surface area contributed by atoms with Crippen molar-refractivity contribution in [3.05, 3.63) is 95.3 Å². The summed E-state index contributed by atoms with van der Waals surface area (Å²) in [4.78, 5) is 2.19. The molecule has 31 heavy (non-hydrogen) atoms. The molecule has 3 rings (SSSR count). The molecule has 2 aromatic carbocycles. The zero-order valence-electron chi connectivity index (χ0n) is 17.9. The molecular formula is C25H29F3N2O. The van der Waals surface area contributed by atoms with Crippen molar-refractivity contribution in [2.45, 2.75) is 39.2 Å². The molecule has 1 aromatic heterocycles. The maximum atomic E-state index is 13.0. The lowest BCUT2D eigenvalue weighted by molar-refractivity contribution is -0.137. The van der Waals surface area contributed by atoms with Gasteiger partial charge in [0.25, 0.3) is 0 Å². The topological polar surface area (TPSA) is 28.4 Å². The van der Waals surface area contributed by atoms with E-state index in [1.807, 2.05) is 53.2 Å². The molecule has 0 aliphatic heterocycles. The van der Waals surface area contributed by atoms with Crippen LogP contribution in [0.5, 0.6) is 0 Å². The number of halogens is 3. The average molecular weight is 431 g/mol. The van der Waals surface area contributed by atoms with E-state index in [1.54, 1.807) is 6.07 Å². The molecule has 1 atom stereocenters. The van der Waals surface area contributed by atoms with Gasteiger partial charge >= 0.3 is 6.18 Å². The first-order valence-electron chi connectivity index (χ1n) is 10.5. The van der Waals surface area contributed by atoms with E-state index in [-0.39, 0.29) is 0 Å². The van der Waals surface area contributed by atoms with Crippen molar-refractivity contribution in [1.82, 2.24) is 9.47 Å². The fourth-order valence-electron chi connectivity index (χ4n) is 3.76. The molecule has 0 aliphatic carbocycles. The van der Waals surface area contributed by atoms with Crippen molar-refractivity contribution in [2.24, 2.45) is 5.92 Å². The van der Waals surface area contributed by atoms with E-state index in [2.05, 4.69) is 18.7 Å². The first-order chi connectivity index (χ1) is 14.7. The van der Waals surface area contributed by atoms with Crippen LogP contribution in [0.1, 0.15) is 42.3 Å². The monoisotopic (exact) mass is 430 g/mol. The number of nitrogens with zero attached hydrogens (tertiary/aromatic N) is 2. The Hall–Kier alpha value is -2.57. The largest absolute Gasteiger partial charge is 0.416 e. The molecule has 0 bridgehead atoms. The van der Waals surface area contributed by atoms with E-state index in [4.69, 9.17) is 0 Å². The Morgan fingerprint density at radius 1 is 0.935 bits per heavy atom. The lowest BCUT2D eigenvalue weighted by atomic mass is 10.1. The molecule has 166 valence electrons. The lowest BCUT2D eigenvalue weighted by Gasteiger charge is -2.27. The Kier molecular flexibility index (Phi) is 7.57. The zero-order chi connectivity index (χ0) is 22.4. The molecule has 0 saturated carbocycles. The first-order valence-corrected chi connectivity index (χ1v) is 10.5. The molecular weight excluding hydrogens is 401 g/mol. The molecule has 0 radical (unpaired) electrons. The van der Waals surface area contributed by atoms with Crippen LogP contribution in [0.2, 0.25) is 0 Å². The molecule has 1 unspecified atom stereocenters. The van der Waals surface area contributed by atoms with Crippen LogP contribution in [0.4, 0.5) is 13.2 Å². The van der Waals surface area contributed by atoms with Crippen molar-refractivity contribution < 1.29 is 18.3 Å². The Morgan fingerprint density at radius 3 is 2.35 bits per heavy atom. The summed E-state index contributed by atoms with van der Waals surface area (Å²) in [7, 11) is 0. The Balaban J connectivity index is 1.74. The van der Waals surface area contributed by atoms with E-state index in [0.717, 1.165) is 23.9 Å². The predicted octanol–water partition coefficient (Wildman–Crippen LogP) is 5.75. The molecule has 0 saturated heterocycles. The molecule has 1 N–H and O–H groups in total. The summed E-state index contributed by atoms with van der Waals surface area (Å²) >= 11 is 0. The van der Waals surface area contributed by atoms with Gasteiger partial charge in [0, 0.05) is 38.1 Å². The molecule has 0 fully saturated rings. The number of hydrogen-bond donors (Lipinski definition) is 1. The number of aromatic nitrogens is 1. The third kappa shape index (κ3) is 6.71. The van der Waals surface area contributed by atoms with Gasteiger partial charge in [-0.05, 0) is 41.3 Å². The summed E-state index contributed by atoms with van der Waals surface area (Å²) in [5.74, 6) is 0.412. The van der Waals surface area contributed by atoms with Crippen LogP contribution in [0.15, 0.2) is 72.9 Å². The molecule has 1 heterocycles. The van der Waals surface area contributed by atoms with E-state index < -0.39 is 17.8 Å². The van der Waals surface area contributed by atoms with E-state index in [0.29, 0.717) is 31.1 Å². The van der Waals surface area contributed by atoms with E-state index in [9.17, 15) is 18.3 Å². The van der Waals surface area contributed by atoms with Gasteiger partial charge < -0.3 is 9.67 Å². The van der Waals surface area contributed by atoms with Gasteiger partial charge in [0.1, 0.15) is 0 Å². The second-order valence-electron chi connectivity index (χ2n) is 8.34. The van der Waals surface area contributed by atoms with Gasteiger partial charge in [-0.25, -0.2) is 0 Å². The maximum absolute atomic E-state index is 13.0. The van der Waals surface area contributed by atoms with Gasteiger partial charge in [0.2, 0.25) is 0 Å². The third-order valence-electron chi connectivity index (χ3n) is 5.16. The second kappa shape index (κ2) is 10.2. The summed E-state index contributed by atoms with van der Waals surface area (Å²) in [6.07, 6.45) is -3.07. The smallest absolute Gasteiger partial charge is 0.387 e. The highest BCUT2D eigenvalue weighted by Crippen LogP contribution is 2.29. The fourth-order valence-corrected chi connectivity index (χ4v) is 3.76. The van der Waals surface area contributed by atoms with Crippen molar-refractivity contribution in [1.29, 1.82) is 0 Å². The van der Waals surface area contributed by atoms with E-state index in [1.165, 1.54) is 12.1 Å². The molecule has 3 nitrogen and oxygen atoms in total. The molecule has 3 aromatic rings. The maximum Gasteiger partial charge on any atom is 0.416 e. The van der Waals surface area contributed by atoms with E-state index >= 15 is 0 Å². The standard InChI is InChI=1S/C25H29F3N2O/c1-19(2)15-29(18-24(31)21-9-4-3-5-10-21)17-23-12-7-13-30(23)16-20-8-6-11-22(14-20)25(26,27)28/h3-14,19,24,31H,15-18H2,1-2H3. The van der Waals surface area contributed by atoms with Crippen LogP contribution in [-0.2, 0) is 19.3 Å². The predicted molar refractivity (Wildman–Crippen MR) is 116 cm³/mol. The minimum Gasteiger partial charge on any atom is -0.387 e. The summed E-state index contributed by atoms with van der Waals surface area (Å²) in [6.45, 7) is 6.51. The molecule has 0 amide bonds. The first kappa shape index (κ1) is 23.1. The fraction of sp³-hybridized carbons (Fsp3) is 0.360. The summed E-state index contributed by atoms with van der Waals surface area (Å²) in [5.41, 5.74) is 1.84. The van der Waals surface area contributed by atoms with Crippen molar-refractivity contribution >= 4 is 0 Å². The highest BCUT2D eigenvalue weighted by Gasteiger charge is 2.30. The lowest BCUT2D eigenvalue weighted by Crippen LogP contribution is -2.32. The van der Waals surface area contributed by atoms with Crippen LogP contribution >= 0.6 is 0 Å². The van der Waals surface area contributed by atoms with Crippen LogP contribution in [0.3, 0.4) is 0 Å². The van der Waals surface area contributed by atoms with Gasteiger partial charge in [-0.2, -0.15) is 13.2 Å².